The maximum atomic E-state index is 11.8. The minimum atomic E-state index is -3.09. The number of fused-ring (bicyclic) bond motifs is 3. The van der Waals surface area contributed by atoms with Gasteiger partial charge in [0, 0.05) is 5.56 Å². The first-order valence-electron chi connectivity index (χ1n) is 4.09. The molecular formula is C8H8O3S2. The van der Waals surface area contributed by atoms with Crippen molar-refractivity contribution >= 4 is 21.2 Å². The van der Waals surface area contributed by atoms with Crippen molar-refractivity contribution in [2.45, 2.75) is 28.6 Å². The van der Waals surface area contributed by atoms with E-state index in [9.17, 15) is 8.42 Å². The van der Waals surface area contributed by atoms with Crippen LogP contribution in [0.4, 0.5) is 0 Å². The van der Waals surface area contributed by atoms with E-state index in [4.69, 9.17) is 4.74 Å². The maximum Gasteiger partial charge on any atom is 0.193 e. The molecule has 70 valence electrons. The second kappa shape index (κ2) is 2.16. The lowest BCUT2D eigenvalue weighted by atomic mass is 10.1. The van der Waals surface area contributed by atoms with E-state index in [-0.39, 0.29) is 17.5 Å². The van der Waals surface area contributed by atoms with Crippen LogP contribution in [-0.4, -0.2) is 19.8 Å². The monoisotopic (exact) mass is 216 g/mol. The van der Waals surface area contributed by atoms with Crippen LogP contribution in [0.1, 0.15) is 18.6 Å². The van der Waals surface area contributed by atoms with Gasteiger partial charge in [-0.05, 0) is 18.4 Å². The van der Waals surface area contributed by atoms with Crippen molar-refractivity contribution < 1.29 is 13.2 Å². The number of thiophene rings is 1. The molecule has 5 heteroatoms. The first-order valence-corrected chi connectivity index (χ1v) is 6.52. The molecule has 3 rings (SSSR count). The molecule has 13 heavy (non-hydrogen) atoms. The van der Waals surface area contributed by atoms with Crippen molar-refractivity contribution in [2.24, 2.45) is 0 Å². The standard InChI is InChI=1S/C8H8O3S2/c1-4-6-7(11-6)5-2-3-12-8(5)13(4,9)10/h2-4,6-7H,1H3/t4-,6?,7?/m0/s1. The molecule has 0 spiro atoms. The molecule has 1 aromatic rings. The van der Waals surface area contributed by atoms with Crippen LogP contribution in [-0.2, 0) is 14.6 Å². The number of ether oxygens (including phenoxy) is 1. The number of epoxide rings is 1. The molecule has 2 aliphatic rings. The molecule has 3 nitrogen and oxygen atoms in total. The predicted molar refractivity (Wildman–Crippen MR) is 48.6 cm³/mol. The Balaban J connectivity index is 2.31. The van der Waals surface area contributed by atoms with Gasteiger partial charge in [0.2, 0.25) is 0 Å². The lowest BCUT2D eigenvalue weighted by Crippen LogP contribution is -2.27. The van der Waals surface area contributed by atoms with Gasteiger partial charge in [-0.25, -0.2) is 8.42 Å². The Morgan fingerprint density at radius 3 is 3.08 bits per heavy atom. The topological polar surface area (TPSA) is 46.7 Å². The SMILES string of the molecule is C[C@H]1C2OC2c2ccsc2S1(=O)=O. The summed E-state index contributed by atoms with van der Waals surface area (Å²) < 4.78 is 29.5. The van der Waals surface area contributed by atoms with Crippen molar-refractivity contribution in [1.82, 2.24) is 0 Å². The molecule has 0 amide bonds. The molecule has 0 bridgehead atoms. The molecular weight excluding hydrogens is 208 g/mol. The summed E-state index contributed by atoms with van der Waals surface area (Å²) in [4.78, 5) is 0. The Morgan fingerprint density at radius 2 is 2.31 bits per heavy atom. The molecule has 0 saturated carbocycles. The molecule has 0 aliphatic carbocycles. The highest BCUT2D eigenvalue weighted by atomic mass is 32.2. The Hall–Kier alpha value is -0.390. The normalized spacial score (nSPS) is 39.3. The summed E-state index contributed by atoms with van der Waals surface area (Å²) in [5.41, 5.74) is 0.869. The zero-order valence-electron chi connectivity index (χ0n) is 6.93. The fraction of sp³-hybridized carbons (Fsp3) is 0.500. The summed E-state index contributed by atoms with van der Waals surface area (Å²) in [6.45, 7) is 1.72. The number of sulfone groups is 1. The van der Waals surface area contributed by atoms with E-state index in [0.717, 1.165) is 5.56 Å². The van der Waals surface area contributed by atoms with Crippen LogP contribution in [0.5, 0.6) is 0 Å². The van der Waals surface area contributed by atoms with E-state index in [0.29, 0.717) is 4.21 Å². The molecule has 3 heterocycles. The molecule has 1 aromatic heterocycles. The van der Waals surface area contributed by atoms with Crippen LogP contribution in [0.2, 0.25) is 0 Å². The average molecular weight is 216 g/mol. The second-order valence-corrected chi connectivity index (χ2v) is 6.85. The molecule has 2 aliphatic heterocycles. The van der Waals surface area contributed by atoms with E-state index >= 15 is 0 Å². The van der Waals surface area contributed by atoms with Crippen molar-refractivity contribution in [3.05, 3.63) is 17.0 Å². The number of hydrogen-bond donors (Lipinski definition) is 0. The van der Waals surface area contributed by atoms with Gasteiger partial charge in [-0.2, -0.15) is 0 Å². The molecule has 0 aromatic carbocycles. The van der Waals surface area contributed by atoms with Gasteiger partial charge in [0.05, 0.1) is 5.25 Å². The van der Waals surface area contributed by atoms with E-state index in [2.05, 4.69) is 0 Å². The van der Waals surface area contributed by atoms with Gasteiger partial charge in [0.1, 0.15) is 16.4 Å². The Morgan fingerprint density at radius 1 is 1.54 bits per heavy atom. The summed E-state index contributed by atoms with van der Waals surface area (Å²) in [6.07, 6.45) is -0.0353. The van der Waals surface area contributed by atoms with Crippen LogP contribution >= 0.6 is 11.3 Å². The highest BCUT2D eigenvalue weighted by Gasteiger charge is 2.55. The minimum Gasteiger partial charge on any atom is -0.363 e. The molecule has 1 fully saturated rings. The Kier molecular flexibility index (Phi) is 1.32. The van der Waals surface area contributed by atoms with Gasteiger partial charge >= 0.3 is 0 Å². The van der Waals surface area contributed by atoms with Crippen molar-refractivity contribution in [3.8, 4) is 0 Å². The molecule has 3 atom stereocenters. The van der Waals surface area contributed by atoms with E-state index in [1.807, 2.05) is 11.4 Å². The second-order valence-electron chi connectivity index (χ2n) is 3.43. The Labute approximate surface area is 80.3 Å². The third-order valence-electron chi connectivity index (χ3n) is 2.70. The van der Waals surface area contributed by atoms with Crippen molar-refractivity contribution in [3.63, 3.8) is 0 Å². The fourth-order valence-corrected chi connectivity index (χ4v) is 5.05. The molecule has 1 saturated heterocycles. The first kappa shape index (κ1) is 7.96. The van der Waals surface area contributed by atoms with Crippen molar-refractivity contribution in [2.75, 3.05) is 0 Å². The third kappa shape index (κ3) is 0.846. The summed E-state index contributed by atoms with van der Waals surface area (Å²) in [5.74, 6) is 0. The van der Waals surface area contributed by atoms with E-state index < -0.39 is 9.84 Å². The van der Waals surface area contributed by atoms with Crippen LogP contribution in [0, 0.1) is 0 Å². The van der Waals surface area contributed by atoms with Gasteiger partial charge < -0.3 is 4.74 Å². The number of rotatable bonds is 0. The molecule has 2 unspecified atom stereocenters. The van der Waals surface area contributed by atoms with E-state index in [1.165, 1.54) is 11.3 Å². The van der Waals surface area contributed by atoms with E-state index in [1.54, 1.807) is 6.92 Å². The van der Waals surface area contributed by atoms with Crippen LogP contribution in [0.3, 0.4) is 0 Å². The molecule has 0 N–H and O–H groups in total. The highest BCUT2D eigenvalue weighted by Crippen LogP contribution is 2.52. The third-order valence-corrected chi connectivity index (χ3v) is 6.41. The average Bonchev–Trinajstić information content (AvgIpc) is 2.71. The fourth-order valence-electron chi connectivity index (χ4n) is 1.82. The lowest BCUT2D eigenvalue weighted by molar-refractivity contribution is 0.372. The van der Waals surface area contributed by atoms with Crippen molar-refractivity contribution in [1.29, 1.82) is 0 Å². The largest absolute Gasteiger partial charge is 0.363 e. The summed E-state index contributed by atoms with van der Waals surface area (Å²) >= 11 is 1.30. The van der Waals surface area contributed by atoms with Crippen LogP contribution in [0.15, 0.2) is 15.7 Å². The minimum absolute atomic E-state index is 0.0553. The molecule has 0 radical (unpaired) electrons. The predicted octanol–water partition coefficient (Wildman–Crippen LogP) is 1.36. The number of hydrogen-bond acceptors (Lipinski definition) is 4. The Bertz CT molecular complexity index is 459. The van der Waals surface area contributed by atoms with Crippen LogP contribution < -0.4 is 0 Å². The smallest absolute Gasteiger partial charge is 0.193 e. The van der Waals surface area contributed by atoms with Gasteiger partial charge in [0.15, 0.2) is 9.84 Å². The summed E-state index contributed by atoms with van der Waals surface area (Å²) in [6, 6.07) is 1.86. The zero-order valence-corrected chi connectivity index (χ0v) is 8.56. The summed E-state index contributed by atoms with van der Waals surface area (Å²) in [7, 11) is -3.09. The maximum absolute atomic E-state index is 11.8. The van der Waals surface area contributed by atoms with Gasteiger partial charge in [-0.1, -0.05) is 0 Å². The lowest BCUT2D eigenvalue weighted by Gasteiger charge is -2.14. The summed E-state index contributed by atoms with van der Waals surface area (Å²) in [5, 5.41) is 1.45. The zero-order chi connectivity index (χ0) is 9.22. The quantitative estimate of drug-likeness (QED) is 0.615. The van der Waals surface area contributed by atoms with Gasteiger partial charge in [0.25, 0.3) is 0 Å². The van der Waals surface area contributed by atoms with Gasteiger partial charge in [-0.3, -0.25) is 0 Å². The highest BCUT2D eigenvalue weighted by molar-refractivity contribution is 7.94. The van der Waals surface area contributed by atoms with Crippen LogP contribution in [0.25, 0.3) is 0 Å². The first-order chi connectivity index (χ1) is 6.12. The van der Waals surface area contributed by atoms with Gasteiger partial charge in [-0.15, -0.1) is 11.3 Å².